The van der Waals surface area contributed by atoms with Gasteiger partial charge in [0.15, 0.2) is 0 Å². The van der Waals surface area contributed by atoms with Crippen LogP contribution < -0.4 is 0 Å². The molecule has 90 valence electrons. The standard InChI is InChI=1S/C11H17NO4/c1-2-16-10(13)7-5-8-3-4-9(6-7)12(8)11(14)15/h7-9H,2-6H2,1H3,(H,14,15)/t7?,8-,9+. The van der Waals surface area contributed by atoms with E-state index in [1.165, 1.54) is 4.90 Å². The summed E-state index contributed by atoms with van der Waals surface area (Å²) < 4.78 is 5.00. The fourth-order valence-corrected chi connectivity index (χ4v) is 2.94. The average Bonchev–Trinajstić information content (AvgIpc) is 2.50. The molecular formula is C11H17NO4. The second kappa shape index (κ2) is 4.31. The van der Waals surface area contributed by atoms with Gasteiger partial charge >= 0.3 is 12.1 Å². The molecule has 1 N–H and O–H groups in total. The van der Waals surface area contributed by atoms with E-state index in [2.05, 4.69) is 0 Å². The summed E-state index contributed by atoms with van der Waals surface area (Å²) in [7, 11) is 0. The van der Waals surface area contributed by atoms with Crippen LogP contribution in [0.15, 0.2) is 0 Å². The maximum absolute atomic E-state index is 11.6. The van der Waals surface area contributed by atoms with E-state index in [0.29, 0.717) is 19.4 Å². The minimum absolute atomic E-state index is 0.0191. The van der Waals surface area contributed by atoms with Gasteiger partial charge in [0.1, 0.15) is 0 Å². The summed E-state index contributed by atoms with van der Waals surface area (Å²) in [5.41, 5.74) is 0. The minimum Gasteiger partial charge on any atom is -0.466 e. The first-order valence-electron chi connectivity index (χ1n) is 5.81. The number of piperidine rings is 1. The minimum atomic E-state index is -0.852. The highest BCUT2D eigenvalue weighted by Gasteiger charge is 2.45. The topological polar surface area (TPSA) is 66.8 Å². The largest absolute Gasteiger partial charge is 0.466 e. The maximum Gasteiger partial charge on any atom is 0.407 e. The van der Waals surface area contributed by atoms with Gasteiger partial charge in [0, 0.05) is 12.1 Å². The zero-order chi connectivity index (χ0) is 11.7. The Balaban J connectivity index is 2.02. The lowest BCUT2D eigenvalue weighted by Gasteiger charge is -2.35. The number of ether oxygens (including phenoxy) is 1. The number of amides is 1. The lowest BCUT2D eigenvalue weighted by atomic mass is 9.91. The molecule has 2 rings (SSSR count). The fraction of sp³-hybridized carbons (Fsp3) is 0.818. The summed E-state index contributed by atoms with van der Waals surface area (Å²) >= 11 is 0. The molecule has 2 heterocycles. The molecule has 2 aliphatic rings. The Labute approximate surface area is 94.4 Å². The van der Waals surface area contributed by atoms with Crippen LogP contribution in [0.5, 0.6) is 0 Å². The fourth-order valence-electron chi connectivity index (χ4n) is 2.94. The summed E-state index contributed by atoms with van der Waals surface area (Å²) in [4.78, 5) is 24.2. The zero-order valence-corrected chi connectivity index (χ0v) is 9.39. The molecule has 0 aromatic heterocycles. The Hall–Kier alpha value is -1.26. The first-order chi connectivity index (χ1) is 7.63. The summed E-state index contributed by atoms with van der Waals surface area (Å²) in [6.45, 7) is 2.19. The highest BCUT2D eigenvalue weighted by Crippen LogP contribution is 2.39. The smallest absolute Gasteiger partial charge is 0.407 e. The van der Waals surface area contributed by atoms with Gasteiger partial charge in [-0.25, -0.2) is 4.79 Å². The monoisotopic (exact) mass is 227 g/mol. The molecule has 0 saturated carbocycles. The molecule has 16 heavy (non-hydrogen) atoms. The van der Waals surface area contributed by atoms with Gasteiger partial charge in [0.2, 0.25) is 0 Å². The number of hydrogen-bond donors (Lipinski definition) is 1. The molecule has 2 bridgehead atoms. The molecule has 2 saturated heterocycles. The summed E-state index contributed by atoms with van der Waals surface area (Å²) in [6, 6.07) is 0.0383. The Bertz CT molecular complexity index is 290. The number of rotatable bonds is 2. The van der Waals surface area contributed by atoms with Crippen LogP contribution in [-0.2, 0) is 9.53 Å². The third kappa shape index (κ3) is 1.86. The first-order valence-corrected chi connectivity index (χ1v) is 5.81. The predicted octanol–water partition coefficient (Wildman–Crippen LogP) is 1.47. The van der Waals surface area contributed by atoms with Crippen molar-refractivity contribution >= 4 is 12.1 Å². The van der Waals surface area contributed by atoms with Crippen molar-refractivity contribution in [3.8, 4) is 0 Å². The second-order valence-electron chi connectivity index (χ2n) is 4.50. The van der Waals surface area contributed by atoms with E-state index < -0.39 is 6.09 Å². The Morgan fingerprint density at radius 2 is 1.88 bits per heavy atom. The third-order valence-corrected chi connectivity index (χ3v) is 3.57. The third-order valence-electron chi connectivity index (χ3n) is 3.57. The average molecular weight is 227 g/mol. The molecule has 0 spiro atoms. The lowest BCUT2D eigenvalue weighted by Crippen LogP contribution is -2.47. The van der Waals surface area contributed by atoms with Crippen molar-refractivity contribution in [1.29, 1.82) is 0 Å². The van der Waals surface area contributed by atoms with Gasteiger partial charge in [0.05, 0.1) is 12.5 Å². The summed E-state index contributed by atoms with van der Waals surface area (Å²) in [5.74, 6) is -0.266. The van der Waals surface area contributed by atoms with E-state index in [-0.39, 0.29) is 24.0 Å². The van der Waals surface area contributed by atoms with Crippen molar-refractivity contribution in [3.63, 3.8) is 0 Å². The number of carbonyl (C=O) groups is 2. The zero-order valence-electron chi connectivity index (χ0n) is 9.39. The predicted molar refractivity (Wildman–Crippen MR) is 56.0 cm³/mol. The van der Waals surface area contributed by atoms with E-state index in [1.807, 2.05) is 0 Å². The van der Waals surface area contributed by atoms with Crippen LogP contribution >= 0.6 is 0 Å². The number of esters is 1. The van der Waals surface area contributed by atoms with E-state index in [0.717, 1.165) is 12.8 Å². The second-order valence-corrected chi connectivity index (χ2v) is 4.50. The highest BCUT2D eigenvalue weighted by atomic mass is 16.5. The number of fused-ring (bicyclic) bond motifs is 2. The summed E-state index contributed by atoms with van der Waals surface area (Å²) in [6.07, 6.45) is 2.16. The number of carbonyl (C=O) groups excluding carboxylic acids is 1. The van der Waals surface area contributed by atoms with Crippen LogP contribution in [0.3, 0.4) is 0 Å². The molecule has 0 aliphatic carbocycles. The van der Waals surface area contributed by atoms with Crippen LogP contribution in [-0.4, -0.2) is 40.8 Å². The lowest BCUT2D eigenvalue weighted by molar-refractivity contribution is -0.150. The molecule has 2 aliphatic heterocycles. The van der Waals surface area contributed by atoms with Gasteiger partial charge in [-0.2, -0.15) is 0 Å². The Morgan fingerprint density at radius 1 is 1.31 bits per heavy atom. The van der Waals surface area contributed by atoms with Crippen molar-refractivity contribution < 1.29 is 19.4 Å². The molecule has 0 aromatic carbocycles. The molecule has 5 nitrogen and oxygen atoms in total. The molecule has 5 heteroatoms. The van der Waals surface area contributed by atoms with Crippen molar-refractivity contribution in [2.24, 2.45) is 5.92 Å². The molecule has 1 unspecified atom stereocenters. The van der Waals surface area contributed by atoms with Gasteiger partial charge in [-0.1, -0.05) is 0 Å². The van der Waals surface area contributed by atoms with Crippen LogP contribution in [0.4, 0.5) is 4.79 Å². The molecule has 2 fully saturated rings. The number of carboxylic acid groups (broad SMARTS) is 1. The Kier molecular flexibility index (Phi) is 3.03. The van der Waals surface area contributed by atoms with Crippen molar-refractivity contribution in [2.45, 2.75) is 44.7 Å². The van der Waals surface area contributed by atoms with E-state index >= 15 is 0 Å². The normalized spacial score (nSPS) is 32.6. The van der Waals surface area contributed by atoms with E-state index in [9.17, 15) is 9.59 Å². The molecule has 0 radical (unpaired) electrons. The van der Waals surface area contributed by atoms with Crippen LogP contribution in [0.1, 0.15) is 32.6 Å². The maximum atomic E-state index is 11.6. The molecular weight excluding hydrogens is 210 g/mol. The molecule has 3 atom stereocenters. The number of nitrogens with zero attached hydrogens (tertiary/aromatic N) is 1. The van der Waals surface area contributed by atoms with Gasteiger partial charge in [-0.05, 0) is 32.6 Å². The van der Waals surface area contributed by atoms with Gasteiger partial charge in [-0.15, -0.1) is 0 Å². The molecule has 0 aromatic rings. The van der Waals surface area contributed by atoms with Crippen LogP contribution in [0.25, 0.3) is 0 Å². The van der Waals surface area contributed by atoms with E-state index in [4.69, 9.17) is 9.84 Å². The molecule has 1 amide bonds. The van der Waals surface area contributed by atoms with Crippen LogP contribution in [0, 0.1) is 5.92 Å². The van der Waals surface area contributed by atoms with Crippen molar-refractivity contribution in [3.05, 3.63) is 0 Å². The van der Waals surface area contributed by atoms with Gasteiger partial charge < -0.3 is 14.7 Å². The van der Waals surface area contributed by atoms with Gasteiger partial charge in [0.25, 0.3) is 0 Å². The van der Waals surface area contributed by atoms with Crippen molar-refractivity contribution in [1.82, 2.24) is 4.90 Å². The number of hydrogen-bond acceptors (Lipinski definition) is 3. The van der Waals surface area contributed by atoms with E-state index in [1.54, 1.807) is 6.92 Å². The SMILES string of the molecule is CCOC(=O)C1C[C@H]2CC[C@@H](C1)N2C(=O)O. The summed E-state index contributed by atoms with van der Waals surface area (Å²) in [5, 5.41) is 9.06. The van der Waals surface area contributed by atoms with Crippen molar-refractivity contribution in [2.75, 3.05) is 6.61 Å². The first kappa shape index (κ1) is 11.2. The van der Waals surface area contributed by atoms with Crippen LogP contribution in [0.2, 0.25) is 0 Å². The quantitative estimate of drug-likeness (QED) is 0.725. The Morgan fingerprint density at radius 3 is 2.31 bits per heavy atom. The highest BCUT2D eigenvalue weighted by molar-refractivity contribution is 5.74. The van der Waals surface area contributed by atoms with Gasteiger partial charge in [-0.3, -0.25) is 4.79 Å².